The van der Waals surface area contributed by atoms with Crippen molar-refractivity contribution in [2.24, 2.45) is 7.05 Å². The summed E-state index contributed by atoms with van der Waals surface area (Å²) in [5.41, 5.74) is 5.66. The van der Waals surface area contributed by atoms with Crippen LogP contribution >= 0.6 is 0 Å². The molecule has 2 N–H and O–H groups in total. The second-order valence-electron chi connectivity index (χ2n) is 6.95. The lowest BCUT2D eigenvalue weighted by molar-refractivity contribution is 0.0926. The van der Waals surface area contributed by atoms with Crippen LogP contribution in [0.1, 0.15) is 17.2 Å². The molecule has 0 saturated carbocycles. The molecule has 3 heterocycles. The molecule has 5 rings (SSSR count). The normalized spacial score (nSPS) is 18.6. The minimum absolute atomic E-state index is 0.149. The molecule has 4 aromatic rings. The van der Waals surface area contributed by atoms with Gasteiger partial charge in [-0.25, -0.2) is 9.37 Å². The van der Waals surface area contributed by atoms with Crippen LogP contribution in [0.15, 0.2) is 36.7 Å². The Bertz CT molecular complexity index is 1200. The van der Waals surface area contributed by atoms with Crippen molar-refractivity contribution < 1.29 is 14.2 Å². The molecule has 0 saturated heterocycles. The Morgan fingerprint density at radius 1 is 1.32 bits per heavy atom. The van der Waals surface area contributed by atoms with Gasteiger partial charge >= 0.3 is 0 Å². The molecule has 0 fully saturated rings. The molecule has 1 aliphatic carbocycles. The molecule has 8 heteroatoms. The number of ether oxygens (including phenoxy) is 1. The summed E-state index contributed by atoms with van der Waals surface area (Å²) < 4.78 is 21.4. The number of aromatic nitrogens is 5. The van der Waals surface area contributed by atoms with E-state index in [4.69, 9.17) is 9.72 Å². The van der Waals surface area contributed by atoms with Gasteiger partial charge in [0.25, 0.3) is 0 Å². The molecule has 0 bridgehead atoms. The number of aromatic amines is 1. The summed E-state index contributed by atoms with van der Waals surface area (Å²) >= 11 is 0. The Morgan fingerprint density at radius 3 is 2.93 bits per heavy atom. The lowest BCUT2D eigenvalue weighted by Crippen LogP contribution is -2.05. The Labute approximate surface area is 159 Å². The van der Waals surface area contributed by atoms with Gasteiger partial charge in [-0.15, -0.1) is 0 Å². The van der Waals surface area contributed by atoms with Crippen molar-refractivity contribution in [3.05, 3.63) is 47.8 Å². The number of aliphatic hydroxyl groups is 1. The van der Waals surface area contributed by atoms with Crippen LogP contribution in [0.4, 0.5) is 4.39 Å². The maximum atomic E-state index is 14.2. The molecule has 0 aliphatic heterocycles. The quantitative estimate of drug-likeness (QED) is 0.571. The molecule has 7 nitrogen and oxygen atoms in total. The molecule has 1 aliphatic rings. The minimum Gasteiger partial charge on any atom is -0.494 e. The number of H-pyrrole nitrogens is 1. The van der Waals surface area contributed by atoms with E-state index in [0.717, 1.165) is 22.2 Å². The first-order valence-corrected chi connectivity index (χ1v) is 8.93. The van der Waals surface area contributed by atoms with Crippen LogP contribution in [0, 0.1) is 0 Å². The topological polar surface area (TPSA) is 88.9 Å². The van der Waals surface area contributed by atoms with Gasteiger partial charge in [0.05, 0.1) is 18.8 Å². The number of methoxy groups -OCH3 is 1. The molecule has 0 unspecified atom stereocenters. The molecule has 1 aromatic carbocycles. The van der Waals surface area contributed by atoms with Gasteiger partial charge in [-0.3, -0.25) is 9.78 Å². The predicted molar refractivity (Wildman–Crippen MR) is 102 cm³/mol. The average molecular weight is 379 g/mol. The minimum atomic E-state index is -1.31. The van der Waals surface area contributed by atoms with Gasteiger partial charge < -0.3 is 9.84 Å². The van der Waals surface area contributed by atoms with E-state index in [-0.39, 0.29) is 6.42 Å². The van der Waals surface area contributed by atoms with Crippen molar-refractivity contribution in [2.75, 3.05) is 7.11 Å². The third-order valence-electron chi connectivity index (χ3n) is 5.23. The first kappa shape index (κ1) is 16.9. The van der Waals surface area contributed by atoms with E-state index >= 15 is 0 Å². The zero-order valence-corrected chi connectivity index (χ0v) is 15.3. The smallest absolute Gasteiger partial charge is 0.147 e. The number of hydrogen-bond acceptors (Lipinski definition) is 5. The number of benzene rings is 1. The van der Waals surface area contributed by atoms with Crippen molar-refractivity contribution in [3.8, 4) is 28.3 Å². The Kier molecular flexibility index (Phi) is 3.70. The lowest BCUT2D eigenvalue weighted by Gasteiger charge is -2.12. The van der Waals surface area contributed by atoms with E-state index in [1.54, 1.807) is 30.1 Å². The molecule has 0 spiro atoms. The van der Waals surface area contributed by atoms with Crippen LogP contribution in [0.25, 0.3) is 33.5 Å². The van der Waals surface area contributed by atoms with E-state index in [1.807, 2.05) is 25.4 Å². The molecule has 0 amide bonds. The SMILES string of the molecule is COc1cc2[nH]nc(-c3cnn(C)c3)c2nc1-c1cccc2c1C[C@H](F)[C@@H]2O. The summed E-state index contributed by atoms with van der Waals surface area (Å²) in [5, 5.41) is 21.7. The number of alkyl halides is 1. The van der Waals surface area contributed by atoms with Crippen LogP contribution in [-0.4, -0.2) is 43.3 Å². The van der Waals surface area contributed by atoms with Crippen molar-refractivity contribution in [3.63, 3.8) is 0 Å². The maximum Gasteiger partial charge on any atom is 0.147 e. The van der Waals surface area contributed by atoms with Gasteiger partial charge in [0, 0.05) is 36.9 Å². The largest absolute Gasteiger partial charge is 0.494 e. The number of aliphatic hydroxyl groups excluding tert-OH is 1. The van der Waals surface area contributed by atoms with E-state index < -0.39 is 12.3 Å². The Balaban J connectivity index is 1.74. The van der Waals surface area contributed by atoms with Crippen molar-refractivity contribution in [1.29, 1.82) is 0 Å². The van der Waals surface area contributed by atoms with Gasteiger partial charge in [0.1, 0.15) is 34.9 Å². The fourth-order valence-electron chi connectivity index (χ4n) is 3.86. The number of pyridine rings is 1. The number of halogens is 1. The van der Waals surface area contributed by atoms with Gasteiger partial charge in [-0.1, -0.05) is 18.2 Å². The third kappa shape index (κ3) is 2.41. The van der Waals surface area contributed by atoms with E-state index in [9.17, 15) is 9.50 Å². The highest BCUT2D eigenvalue weighted by molar-refractivity contribution is 5.92. The highest BCUT2D eigenvalue weighted by Gasteiger charge is 2.33. The summed E-state index contributed by atoms with van der Waals surface area (Å²) in [6.45, 7) is 0. The zero-order chi connectivity index (χ0) is 19.4. The summed E-state index contributed by atoms with van der Waals surface area (Å²) in [6, 6.07) is 7.28. The number of fused-ring (bicyclic) bond motifs is 2. The van der Waals surface area contributed by atoms with E-state index in [1.165, 1.54) is 0 Å². The molecule has 0 radical (unpaired) electrons. The monoisotopic (exact) mass is 379 g/mol. The second kappa shape index (κ2) is 6.13. The summed E-state index contributed by atoms with van der Waals surface area (Å²) in [7, 11) is 3.41. The fraction of sp³-hybridized carbons (Fsp3) is 0.250. The number of nitrogens with zero attached hydrogens (tertiary/aromatic N) is 4. The van der Waals surface area contributed by atoms with Gasteiger partial charge in [0.2, 0.25) is 0 Å². The van der Waals surface area contributed by atoms with Crippen LogP contribution in [0.3, 0.4) is 0 Å². The molecule has 2 atom stereocenters. The van der Waals surface area contributed by atoms with Crippen LogP contribution in [0.5, 0.6) is 5.75 Å². The first-order valence-electron chi connectivity index (χ1n) is 8.93. The Morgan fingerprint density at radius 2 is 2.18 bits per heavy atom. The summed E-state index contributed by atoms with van der Waals surface area (Å²) in [4.78, 5) is 4.83. The van der Waals surface area contributed by atoms with Gasteiger partial charge in [0.15, 0.2) is 0 Å². The standard InChI is InChI=1S/C20H18FN5O2/c1-26-9-10(8-22-26)17-19-15(24-25-17)7-16(28-2)18(23-19)11-4-3-5-12-13(11)6-14(21)20(12)27/h3-5,7-9,14,20,27H,6H2,1-2H3,(H,24,25)/t14-,20+/m0/s1. The number of aryl methyl sites for hydroxylation is 1. The average Bonchev–Trinajstić information content (AvgIpc) is 3.38. The Hall–Kier alpha value is -3.26. The third-order valence-corrected chi connectivity index (χ3v) is 5.23. The van der Waals surface area contributed by atoms with Gasteiger partial charge in [-0.2, -0.15) is 10.2 Å². The van der Waals surface area contributed by atoms with E-state index in [0.29, 0.717) is 28.2 Å². The predicted octanol–water partition coefficient (Wildman–Crippen LogP) is 2.96. The fourth-order valence-corrected chi connectivity index (χ4v) is 3.86. The summed E-state index contributed by atoms with van der Waals surface area (Å²) in [6.07, 6.45) is 1.32. The molecule has 142 valence electrons. The molecule has 3 aromatic heterocycles. The van der Waals surface area contributed by atoms with Crippen LogP contribution < -0.4 is 4.74 Å². The second-order valence-corrected chi connectivity index (χ2v) is 6.95. The summed E-state index contributed by atoms with van der Waals surface area (Å²) in [5.74, 6) is 0.555. The van der Waals surface area contributed by atoms with Crippen molar-refractivity contribution >= 4 is 11.0 Å². The highest BCUT2D eigenvalue weighted by atomic mass is 19.1. The lowest BCUT2D eigenvalue weighted by atomic mass is 9.99. The van der Waals surface area contributed by atoms with E-state index in [2.05, 4.69) is 15.3 Å². The van der Waals surface area contributed by atoms with Crippen LogP contribution in [0.2, 0.25) is 0 Å². The van der Waals surface area contributed by atoms with Gasteiger partial charge in [-0.05, 0) is 11.1 Å². The van der Waals surface area contributed by atoms with Crippen LogP contribution in [-0.2, 0) is 13.5 Å². The maximum absolute atomic E-state index is 14.2. The van der Waals surface area contributed by atoms with Crippen molar-refractivity contribution in [2.45, 2.75) is 18.7 Å². The molecular weight excluding hydrogens is 361 g/mol. The molecule has 28 heavy (non-hydrogen) atoms. The number of nitrogens with one attached hydrogen (secondary N) is 1. The first-order chi connectivity index (χ1) is 13.6. The number of hydrogen-bond donors (Lipinski definition) is 2. The molecular formula is C20H18FN5O2. The van der Waals surface area contributed by atoms with Crippen molar-refractivity contribution in [1.82, 2.24) is 25.0 Å². The zero-order valence-electron chi connectivity index (χ0n) is 15.3. The highest BCUT2D eigenvalue weighted by Crippen LogP contribution is 2.42. The number of rotatable bonds is 3.